The molecule has 2 heterocycles. The minimum absolute atomic E-state index is 0.497. The first-order valence-electron chi connectivity index (χ1n) is 13.2. The van der Waals surface area contributed by atoms with Crippen molar-refractivity contribution in [1.82, 2.24) is 14.9 Å². The SMILES string of the molecule is COc1cc(CNCCCCc2cc(C)cc(-n3c(C)ccc3C)n2)c(OCc2ccccc2)cc1OC. The fraction of sp³-hybridized carbons (Fsp3) is 0.344. The highest BCUT2D eigenvalue weighted by Crippen LogP contribution is 2.35. The van der Waals surface area contributed by atoms with E-state index in [9.17, 15) is 0 Å². The molecule has 0 saturated heterocycles. The fourth-order valence-electron chi connectivity index (χ4n) is 4.68. The molecule has 0 fully saturated rings. The zero-order valence-corrected chi connectivity index (χ0v) is 23.2. The van der Waals surface area contributed by atoms with E-state index in [4.69, 9.17) is 19.2 Å². The molecule has 1 N–H and O–H groups in total. The van der Waals surface area contributed by atoms with Crippen molar-refractivity contribution in [1.29, 1.82) is 0 Å². The summed E-state index contributed by atoms with van der Waals surface area (Å²) in [7, 11) is 3.30. The third-order valence-electron chi connectivity index (χ3n) is 6.67. The van der Waals surface area contributed by atoms with Crippen molar-refractivity contribution in [3.63, 3.8) is 0 Å². The largest absolute Gasteiger partial charge is 0.493 e. The average Bonchev–Trinajstić information content (AvgIpc) is 3.27. The lowest BCUT2D eigenvalue weighted by Gasteiger charge is -2.16. The predicted octanol–water partition coefficient (Wildman–Crippen LogP) is 6.51. The summed E-state index contributed by atoms with van der Waals surface area (Å²) < 4.78 is 19.4. The summed E-state index contributed by atoms with van der Waals surface area (Å²) in [6.45, 7) is 8.48. The van der Waals surface area contributed by atoms with Gasteiger partial charge in [-0.3, -0.25) is 0 Å². The van der Waals surface area contributed by atoms with Crippen molar-refractivity contribution in [2.45, 2.75) is 53.2 Å². The van der Waals surface area contributed by atoms with Crippen molar-refractivity contribution in [2.75, 3.05) is 20.8 Å². The quantitative estimate of drug-likeness (QED) is 0.207. The van der Waals surface area contributed by atoms with Gasteiger partial charge >= 0.3 is 0 Å². The fourth-order valence-corrected chi connectivity index (χ4v) is 4.68. The van der Waals surface area contributed by atoms with E-state index in [2.05, 4.69) is 67.1 Å². The van der Waals surface area contributed by atoms with Crippen LogP contribution in [-0.2, 0) is 19.6 Å². The minimum atomic E-state index is 0.497. The van der Waals surface area contributed by atoms with E-state index in [0.29, 0.717) is 24.7 Å². The highest BCUT2D eigenvalue weighted by molar-refractivity contribution is 5.50. The van der Waals surface area contributed by atoms with Crippen molar-refractivity contribution in [3.05, 3.63) is 101 Å². The van der Waals surface area contributed by atoms with Gasteiger partial charge in [0.05, 0.1) is 14.2 Å². The molecule has 0 bridgehead atoms. The number of pyridine rings is 1. The van der Waals surface area contributed by atoms with E-state index in [1.807, 2.05) is 30.3 Å². The van der Waals surface area contributed by atoms with Gasteiger partial charge in [-0.1, -0.05) is 30.3 Å². The number of methoxy groups -OCH3 is 2. The topological polar surface area (TPSA) is 57.5 Å². The van der Waals surface area contributed by atoms with E-state index in [1.54, 1.807) is 14.2 Å². The van der Waals surface area contributed by atoms with Gasteiger partial charge in [-0.05, 0) is 88.0 Å². The Labute approximate surface area is 226 Å². The standard InChI is InChI=1S/C32H39N3O3/c1-23-17-28(34-32(18-23)35-24(2)14-15-25(35)3)13-9-10-16-33-21-27-19-30(36-4)31(37-5)20-29(27)38-22-26-11-7-6-8-12-26/h6-8,11-12,14-15,17-20,33H,9-10,13,16,21-22H2,1-5H3. The molecule has 2 aromatic carbocycles. The van der Waals surface area contributed by atoms with E-state index < -0.39 is 0 Å². The molecule has 0 unspecified atom stereocenters. The molecular formula is C32H39N3O3. The van der Waals surface area contributed by atoms with Gasteiger partial charge in [-0.25, -0.2) is 4.98 Å². The minimum Gasteiger partial charge on any atom is -0.493 e. The van der Waals surface area contributed by atoms with Gasteiger partial charge in [0, 0.05) is 35.3 Å². The monoisotopic (exact) mass is 513 g/mol. The zero-order chi connectivity index (χ0) is 26.9. The second-order valence-corrected chi connectivity index (χ2v) is 9.67. The molecular weight excluding hydrogens is 474 g/mol. The maximum absolute atomic E-state index is 6.19. The summed E-state index contributed by atoms with van der Waals surface area (Å²) in [6.07, 6.45) is 3.08. The molecule has 0 saturated carbocycles. The molecule has 2 aromatic heterocycles. The van der Waals surface area contributed by atoms with E-state index in [-0.39, 0.29) is 0 Å². The molecule has 4 aromatic rings. The number of nitrogens with one attached hydrogen (secondary N) is 1. The number of nitrogens with zero attached hydrogens (tertiary/aromatic N) is 2. The summed E-state index contributed by atoms with van der Waals surface area (Å²) in [5.41, 5.74) is 6.96. The molecule has 200 valence electrons. The van der Waals surface area contributed by atoms with Crippen LogP contribution >= 0.6 is 0 Å². The number of unbranched alkanes of at least 4 members (excludes halogenated alkanes) is 1. The number of rotatable bonds is 13. The molecule has 0 atom stereocenters. The van der Waals surface area contributed by atoms with Gasteiger partial charge in [0.2, 0.25) is 0 Å². The smallest absolute Gasteiger partial charge is 0.164 e. The van der Waals surface area contributed by atoms with Crippen LogP contribution in [0.4, 0.5) is 0 Å². The lowest BCUT2D eigenvalue weighted by molar-refractivity contribution is 0.296. The van der Waals surface area contributed by atoms with E-state index >= 15 is 0 Å². The van der Waals surface area contributed by atoms with E-state index in [0.717, 1.165) is 54.2 Å². The van der Waals surface area contributed by atoms with Gasteiger partial charge in [-0.2, -0.15) is 0 Å². The Morgan fingerprint density at radius 2 is 1.50 bits per heavy atom. The van der Waals surface area contributed by atoms with Crippen LogP contribution in [0.2, 0.25) is 0 Å². The molecule has 0 amide bonds. The first-order valence-corrected chi connectivity index (χ1v) is 13.2. The Balaban J connectivity index is 1.32. The highest BCUT2D eigenvalue weighted by atomic mass is 16.5. The molecule has 0 aliphatic rings. The summed E-state index contributed by atoms with van der Waals surface area (Å²) in [5, 5.41) is 3.57. The molecule has 4 rings (SSSR count). The van der Waals surface area contributed by atoms with Crippen molar-refractivity contribution in [2.24, 2.45) is 0 Å². The second-order valence-electron chi connectivity index (χ2n) is 9.67. The maximum Gasteiger partial charge on any atom is 0.164 e. The second kappa shape index (κ2) is 13.2. The number of hydrogen-bond acceptors (Lipinski definition) is 5. The highest BCUT2D eigenvalue weighted by Gasteiger charge is 2.13. The van der Waals surface area contributed by atoms with Crippen LogP contribution in [0.3, 0.4) is 0 Å². The molecule has 0 aliphatic heterocycles. The van der Waals surface area contributed by atoms with Crippen LogP contribution in [0.5, 0.6) is 17.2 Å². The lowest BCUT2D eigenvalue weighted by Crippen LogP contribution is -2.16. The summed E-state index contributed by atoms with van der Waals surface area (Å²) in [4.78, 5) is 4.96. The Morgan fingerprint density at radius 1 is 0.789 bits per heavy atom. The number of benzene rings is 2. The molecule has 6 nitrogen and oxygen atoms in total. The molecule has 0 aliphatic carbocycles. The predicted molar refractivity (Wildman–Crippen MR) is 153 cm³/mol. The van der Waals surface area contributed by atoms with Gasteiger partial charge in [0.1, 0.15) is 18.2 Å². The normalized spacial score (nSPS) is 11.0. The first kappa shape index (κ1) is 27.3. The molecule has 6 heteroatoms. The Hall–Kier alpha value is -3.77. The van der Waals surface area contributed by atoms with E-state index in [1.165, 1.54) is 17.0 Å². The van der Waals surface area contributed by atoms with Crippen LogP contribution < -0.4 is 19.5 Å². The van der Waals surface area contributed by atoms with Crippen molar-refractivity contribution < 1.29 is 14.2 Å². The van der Waals surface area contributed by atoms with Crippen molar-refractivity contribution in [3.8, 4) is 23.1 Å². The number of hydrogen-bond donors (Lipinski definition) is 1. The van der Waals surface area contributed by atoms with Crippen molar-refractivity contribution >= 4 is 0 Å². The average molecular weight is 514 g/mol. The maximum atomic E-state index is 6.19. The third-order valence-corrected chi connectivity index (χ3v) is 6.67. The van der Waals surface area contributed by atoms with Crippen LogP contribution in [0, 0.1) is 20.8 Å². The number of aromatic nitrogens is 2. The molecule has 0 spiro atoms. The van der Waals surface area contributed by atoms with Crippen LogP contribution in [0.25, 0.3) is 5.82 Å². The zero-order valence-electron chi connectivity index (χ0n) is 23.2. The van der Waals surface area contributed by atoms with Gasteiger partial charge in [0.25, 0.3) is 0 Å². The van der Waals surface area contributed by atoms with Gasteiger partial charge in [0.15, 0.2) is 11.5 Å². The van der Waals surface area contributed by atoms with Gasteiger partial charge in [-0.15, -0.1) is 0 Å². The summed E-state index contributed by atoms with van der Waals surface area (Å²) >= 11 is 0. The number of ether oxygens (including phenoxy) is 3. The Kier molecular flexibility index (Phi) is 9.44. The molecule has 0 radical (unpaired) electrons. The number of aryl methyl sites for hydroxylation is 4. The lowest BCUT2D eigenvalue weighted by atomic mass is 10.1. The third kappa shape index (κ3) is 6.95. The molecule has 38 heavy (non-hydrogen) atoms. The summed E-state index contributed by atoms with van der Waals surface area (Å²) in [6, 6.07) is 22.7. The van der Waals surface area contributed by atoms with Crippen LogP contribution in [-0.4, -0.2) is 30.3 Å². The van der Waals surface area contributed by atoms with Crippen LogP contribution in [0.15, 0.2) is 66.7 Å². The Morgan fingerprint density at radius 3 is 2.21 bits per heavy atom. The summed E-state index contributed by atoms with van der Waals surface area (Å²) in [5.74, 6) is 3.17. The Bertz CT molecular complexity index is 1310. The van der Waals surface area contributed by atoms with Crippen LogP contribution in [0.1, 0.15) is 46.6 Å². The van der Waals surface area contributed by atoms with Gasteiger partial charge < -0.3 is 24.1 Å². The first-order chi connectivity index (χ1) is 18.5.